The monoisotopic (exact) mass is 447 g/mol. The van der Waals surface area contributed by atoms with Gasteiger partial charge in [0, 0.05) is 17.3 Å². The Morgan fingerprint density at radius 3 is 2.41 bits per heavy atom. The predicted octanol–water partition coefficient (Wildman–Crippen LogP) is 5.26. The van der Waals surface area contributed by atoms with Gasteiger partial charge in [0.25, 0.3) is 0 Å². The molecule has 4 aromatic rings. The standard InChI is InChI=1S/C24H25N5O2S/c1-16-14-21(31-28-16)25-20(30)15-32-23-27-26-22(29(23)19-8-6-5-7-9-19)17-10-12-18(13-11-17)24(2,3)4/h5-14H,15H2,1-4H3,(H,25,30). The minimum Gasteiger partial charge on any atom is -0.338 e. The fourth-order valence-corrected chi connectivity index (χ4v) is 3.96. The highest BCUT2D eigenvalue weighted by molar-refractivity contribution is 7.99. The second-order valence-corrected chi connectivity index (χ2v) is 9.42. The number of nitrogens with one attached hydrogen (secondary N) is 1. The molecule has 0 saturated heterocycles. The highest BCUT2D eigenvalue weighted by Crippen LogP contribution is 2.30. The minimum absolute atomic E-state index is 0.0715. The minimum atomic E-state index is -0.204. The third kappa shape index (κ3) is 4.91. The lowest BCUT2D eigenvalue weighted by atomic mass is 9.87. The molecule has 0 fully saturated rings. The lowest BCUT2D eigenvalue weighted by molar-refractivity contribution is -0.113. The third-order valence-corrected chi connectivity index (χ3v) is 5.81. The quantitative estimate of drug-likeness (QED) is 0.406. The van der Waals surface area contributed by atoms with E-state index in [1.807, 2.05) is 34.9 Å². The van der Waals surface area contributed by atoms with E-state index in [9.17, 15) is 4.79 Å². The van der Waals surface area contributed by atoms with Gasteiger partial charge in [0.15, 0.2) is 11.0 Å². The zero-order valence-corrected chi connectivity index (χ0v) is 19.3. The molecule has 7 nitrogen and oxygen atoms in total. The van der Waals surface area contributed by atoms with Crippen LogP contribution in [-0.2, 0) is 10.2 Å². The van der Waals surface area contributed by atoms with Gasteiger partial charge < -0.3 is 4.52 Å². The maximum atomic E-state index is 12.4. The van der Waals surface area contributed by atoms with Crippen molar-refractivity contribution in [2.45, 2.75) is 38.3 Å². The van der Waals surface area contributed by atoms with Crippen molar-refractivity contribution in [2.75, 3.05) is 11.1 Å². The van der Waals surface area contributed by atoms with Gasteiger partial charge in [0.05, 0.1) is 11.4 Å². The third-order valence-electron chi connectivity index (χ3n) is 4.88. The van der Waals surface area contributed by atoms with E-state index in [1.54, 1.807) is 13.0 Å². The van der Waals surface area contributed by atoms with Gasteiger partial charge >= 0.3 is 0 Å². The van der Waals surface area contributed by atoms with Crippen molar-refractivity contribution >= 4 is 23.6 Å². The summed E-state index contributed by atoms with van der Waals surface area (Å²) in [6, 6.07) is 20.0. The number of benzene rings is 2. The number of carbonyl (C=O) groups excluding carboxylic acids is 1. The van der Waals surface area contributed by atoms with E-state index in [-0.39, 0.29) is 17.1 Å². The molecule has 4 rings (SSSR count). The molecule has 0 saturated carbocycles. The summed E-state index contributed by atoms with van der Waals surface area (Å²) < 4.78 is 7.03. The highest BCUT2D eigenvalue weighted by Gasteiger charge is 2.19. The summed E-state index contributed by atoms with van der Waals surface area (Å²) in [5, 5.41) is 16.0. The Kier molecular flexibility index (Phi) is 6.14. The number of anilines is 1. The molecule has 1 amide bonds. The molecule has 2 aromatic heterocycles. The van der Waals surface area contributed by atoms with Crippen LogP contribution >= 0.6 is 11.8 Å². The zero-order chi connectivity index (χ0) is 22.7. The van der Waals surface area contributed by atoms with Crippen LogP contribution in [0.2, 0.25) is 0 Å². The smallest absolute Gasteiger partial charge is 0.237 e. The summed E-state index contributed by atoms with van der Waals surface area (Å²) in [5.41, 5.74) is 3.92. The van der Waals surface area contributed by atoms with Gasteiger partial charge in [-0.05, 0) is 30.0 Å². The van der Waals surface area contributed by atoms with Gasteiger partial charge in [-0.15, -0.1) is 10.2 Å². The Morgan fingerprint density at radius 2 is 1.78 bits per heavy atom. The van der Waals surface area contributed by atoms with Crippen LogP contribution in [0.15, 0.2) is 70.3 Å². The molecule has 0 atom stereocenters. The van der Waals surface area contributed by atoms with Crippen LogP contribution in [0.1, 0.15) is 32.0 Å². The topological polar surface area (TPSA) is 85.8 Å². The number of carbonyl (C=O) groups is 1. The van der Waals surface area contributed by atoms with E-state index in [2.05, 4.69) is 65.7 Å². The van der Waals surface area contributed by atoms with E-state index < -0.39 is 0 Å². The number of rotatable bonds is 6. The normalized spacial score (nSPS) is 11.5. The molecule has 0 aliphatic heterocycles. The Morgan fingerprint density at radius 1 is 1.06 bits per heavy atom. The van der Waals surface area contributed by atoms with Gasteiger partial charge in [-0.1, -0.05) is 80.2 Å². The summed E-state index contributed by atoms with van der Waals surface area (Å²) in [4.78, 5) is 12.4. The molecule has 0 radical (unpaired) electrons. The highest BCUT2D eigenvalue weighted by atomic mass is 32.2. The Hall–Kier alpha value is -3.39. The van der Waals surface area contributed by atoms with Crippen LogP contribution in [-0.4, -0.2) is 31.6 Å². The molecule has 0 spiro atoms. The van der Waals surface area contributed by atoms with Gasteiger partial charge in [0.2, 0.25) is 11.8 Å². The van der Waals surface area contributed by atoms with Gasteiger partial charge in [-0.3, -0.25) is 14.7 Å². The van der Waals surface area contributed by atoms with Crippen LogP contribution in [0.5, 0.6) is 0 Å². The molecule has 2 heterocycles. The molecule has 32 heavy (non-hydrogen) atoms. The molecule has 0 aliphatic carbocycles. The first-order chi connectivity index (χ1) is 15.3. The average Bonchev–Trinajstić information content (AvgIpc) is 3.38. The van der Waals surface area contributed by atoms with E-state index in [4.69, 9.17) is 4.52 Å². The molecule has 1 N–H and O–H groups in total. The number of nitrogens with zero attached hydrogens (tertiary/aromatic N) is 4. The fraction of sp³-hybridized carbons (Fsp3) is 0.250. The van der Waals surface area contributed by atoms with E-state index >= 15 is 0 Å². The molecule has 8 heteroatoms. The molecule has 0 aliphatic rings. The second-order valence-electron chi connectivity index (χ2n) is 8.47. The van der Waals surface area contributed by atoms with Crippen LogP contribution in [0.25, 0.3) is 17.1 Å². The number of aryl methyl sites for hydroxylation is 1. The van der Waals surface area contributed by atoms with Crippen LogP contribution in [0.4, 0.5) is 5.88 Å². The van der Waals surface area contributed by atoms with Crippen molar-refractivity contribution in [2.24, 2.45) is 0 Å². The largest absolute Gasteiger partial charge is 0.338 e. The van der Waals surface area contributed by atoms with Gasteiger partial charge in [-0.25, -0.2) is 0 Å². The van der Waals surface area contributed by atoms with Crippen LogP contribution in [0.3, 0.4) is 0 Å². The molecular formula is C24H25N5O2S. The lowest BCUT2D eigenvalue weighted by Crippen LogP contribution is -2.14. The summed E-state index contributed by atoms with van der Waals surface area (Å²) >= 11 is 1.31. The summed E-state index contributed by atoms with van der Waals surface area (Å²) in [6.07, 6.45) is 0. The van der Waals surface area contributed by atoms with Crippen LogP contribution < -0.4 is 5.32 Å². The van der Waals surface area contributed by atoms with Gasteiger partial charge in [-0.2, -0.15) is 0 Å². The zero-order valence-electron chi connectivity index (χ0n) is 18.5. The Labute approximate surface area is 191 Å². The first kappa shape index (κ1) is 21.8. The van der Waals surface area contributed by atoms with Crippen molar-refractivity contribution in [1.82, 2.24) is 19.9 Å². The van der Waals surface area contributed by atoms with Crippen LogP contribution in [0, 0.1) is 6.92 Å². The maximum absolute atomic E-state index is 12.4. The molecular weight excluding hydrogens is 422 g/mol. The van der Waals surface area contributed by atoms with Gasteiger partial charge in [0.1, 0.15) is 0 Å². The number of hydrogen-bond acceptors (Lipinski definition) is 6. The molecule has 164 valence electrons. The summed E-state index contributed by atoms with van der Waals surface area (Å²) in [5.74, 6) is 1.01. The van der Waals surface area contributed by atoms with Crippen molar-refractivity contribution < 1.29 is 9.32 Å². The Balaban J connectivity index is 1.60. The number of thioether (sulfide) groups is 1. The maximum Gasteiger partial charge on any atom is 0.237 e. The number of aromatic nitrogens is 4. The molecule has 2 aromatic carbocycles. The fourth-order valence-electron chi connectivity index (χ4n) is 3.21. The number of hydrogen-bond donors (Lipinski definition) is 1. The molecule has 0 unspecified atom stereocenters. The second kappa shape index (κ2) is 9.00. The van der Waals surface area contributed by atoms with E-state index in [1.165, 1.54) is 17.3 Å². The van der Waals surface area contributed by atoms with E-state index in [0.717, 1.165) is 17.1 Å². The van der Waals surface area contributed by atoms with Crippen molar-refractivity contribution in [1.29, 1.82) is 0 Å². The summed E-state index contributed by atoms with van der Waals surface area (Å²) in [7, 11) is 0. The predicted molar refractivity (Wildman–Crippen MR) is 126 cm³/mol. The van der Waals surface area contributed by atoms with E-state index in [0.29, 0.717) is 16.7 Å². The summed E-state index contributed by atoms with van der Waals surface area (Å²) in [6.45, 7) is 8.36. The van der Waals surface area contributed by atoms with Crippen molar-refractivity contribution in [3.63, 3.8) is 0 Å². The Bertz CT molecular complexity index is 1210. The van der Waals surface area contributed by atoms with Crippen molar-refractivity contribution in [3.05, 3.63) is 71.9 Å². The molecule has 0 bridgehead atoms. The lowest BCUT2D eigenvalue weighted by Gasteiger charge is -2.19. The number of para-hydroxylation sites is 1. The van der Waals surface area contributed by atoms with Crippen molar-refractivity contribution in [3.8, 4) is 17.1 Å². The first-order valence-electron chi connectivity index (χ1n) is 10.3. The SMILES string of the molecule is Cc1cc(NC(=O)CSc2nnc(-c3ccc(C(C)(C)C)cc3)n2-c2ccccc2)on1. The first-order valence-corrected chi connectivity index (χ1v) is 11.3. The average molecular weight is 448 g/mol. The number of amides is 1.